The smallest absolute Gasteiger partial charge is 0.273 e. The maximum absolute atomic E-state index is 13.6. The summed E-state index contributed by atoms with van der Waals surface area (Å²) in [5.41, 5.74) is 0.390. The molecule has 0 radical (unpaired) electrons. The van der Waals surface area contributed by atoms with Gasteiger partial charge in [-0.3, -0.25) is 9.48 Å². The van der Waals surface area contributed by atoms with Crippen molar-refractivity contribution in [3.05, 3.63) is 18.0 Å². The molecule has 1 aliphatic carbocycles. The van der Waals surface area contributed by atoms with E-state index >= 15 is 0 Å². The number of halogens is 2. The number of amides is 1. The van der Waals surface area contributed by atoms with E-state index in [0.717, 1.165) is 12.8 Å². The highest BCUT2D eigenvalue weighted by Crippen LogP contribution is 2.56. The maximum Gasteiger partial charge on any atom is 0.273 e. The first-order valence-corrected chi connectivity index (χ1v) is 6.19. The van der Waals surface area contributed by atoms with Gasteiger partial charge in [0.05, 0.1) is 17.7 Å². The molecule has 3 rings (SSSR count). The number of fused-ring (bicyclic) bond motifs is 1. The van der Waals surface area contributed by atoms with Gasteiger partial charge in [0.1, 0.15) is 6.04 Å². The lowest BCUT2D eigenvalue weighted by Gasteiger charge is -2.21. The Morgan fingerprint density at radius 3 is 2.94 bits per heavy atom. The Hall–Kier alpha value is -1.46. The number of hydrogen-bond acceptors (Lipinski definition) is 2. The highest BCUT2D eigenvalue weighted by molar-refractivity contribution is 5.94. The Morgan fingerprint density at radius 1 is 1.50 bits per heavy atom. The summed E-state index contributed by atoms with van der Waals surface area (Å²) in [5, 5.41) is 3.91. The van der Waals surface area contributed by atoms with E-state index in [-0.39, 0.29) is 5.91 Å². The van der Waals surface area contributed by atoms with Crippen LogP contribution in [-0.4, -0.2) is 39.1 Å². The van der Waals surface area contributed by atoms with E-state index in [1.54, 1.807) is 13.2 Å². The van der Waals surface area contributed by atoms with Crippen molar-refractivity contribution in [3.63, 3.8) is 0 Å². The third-order valence-corrected chi connectivity index (χ3v) is 3.87. The van der Waals surface area contributed by atoms with E-state index < -0.39 is 17.9 Å². The molecule has 6 heteroatoms. The fourth-order valence-corrected chi connectivity index (χ4v) is 2.86. The molecule has 18 heavy (non-hydrogen) atoms. The fraction of sp³-hybridized carbons (Fsp3) is 0.667. The van der Waals surface area contributed by atoms with Crippen molar-refractivity contribution in [1.82, 2.24) is 14.7 Å². The summed E-state index contributed by atoms with van der Waals surface area (Å²) >= 11 is 0. The molecule has 1 amide bonds. The van der Waals surface area contributed by atoms with Gasteiger partial charge in [-0.1, -0.05) is 6.42 Å². The Labute approximate surface area is 104 Å². The molecule has 0 bridgehead atoms. The van der Waals surface area contributed by atoms with Gasteiger partial charge in [-0.2, -0.15) is 5.10 Å². The van der Waals surface area contributed by atoms with Crippen molar-refractivity contribution >= 4 is 5.91 Å². The zero-order valence-corrected chi connectivity index (χ0v) is 10.1. The van der Waals surface area contributed by atoms with E-state index in [4.69, 9.17) is 0 Å². The zero-order chi connectivity index (χ0) is 12.9. The number of aryl methyl sites for hydroxylation is 1. The van der Waals surface area contributed by atoms with Gasteiger partial charge in [0.2, 0.25) is 0 Å². The predicted octanol–water partition coefficient (Wildman–Crippen LogP) is 1.68. The van der Waals surface area contributed by atoms with E-state index in [1.165, 1.54) is 15.8 Å². The first kappa shape index (κ1) is 11.6. The molecule has 1 aromatic rings. The van der Waals surface area contributed by atoms with Crippen LogP contribution in [-0.2, 0) is 7.05 Å². The van der Waals surface area contributed by atoms with Crippen molar-refractivity contribution in [3.8, 4) is 0 Å². The molecule has 0 aromatic carbocycles. The molecule has 2 fully saturated rings. The van der Waals surface area contributed by atoms with Crippen LogP contribution < -0.4 is 0 Å². The summed E-state index contributed by atoms with van der Waals surface area (Å²) in [7, 11) is 1.70. The second kappa shape index (κ2) is 3.76. The number of hydrogen-bond donors (Lipinski definition) is 0. The molecule has 1 saturated heterocycles. The molecular weight excluding hydrogens is 240 g/mol. The zero-order valence-electron chi connectivity index (χ0n) is 10.1. The first-order valence-electron chi connectivity index (χ1n) is 6.19. The Morgan fingerprint density at radius 2 is 2.28 bits per heavy atom. The Kier molecular flexibility index (Phi) is 2.43. The van der Waals surface area contributed by atoms with Gasteiger partial charge in [-0.05, 0) is 12.8 Å². The summed E-state index contributed by atoms with van der Waals surface area (Å²) in [6.45, 7) is 0.421. The Balaban J connectivity index is 1.84. The molecule has 1 aliphatic heterocycles. The van der Waals surface area contributed by atoms with Crippen molar-refractivity contribution in [2.24, 2.45) is 13.0 Å². The van der Waals surface area contributed by atoms with Gasteiger partial charge in [0.15, 0.2) is 0 Å². The standard InChI is InChI=1S/C12H15F2N3O/c1-16-7-8(6-15-16)11(18)17-5-3-2-4-9-10(17)12(9,13)14/h6-7,9-10H,2-5H2,1H3. The molecule has 2 unspecified atom stereocenters. The van der Waals surface area contributed by atoms with Crippen LogP contribution in [0, 0.1) is 5.92 Å². The summed E-state index contributed by atoms with van der Waals surface area (Å²) < 4.78 is 28.7. The van der Waals surface area contributed by atoms with Gasteiger partial charge < -0.3 is 4.90 Å². The summed E-state index contributed by atoms with van der Waals surface area (Å²) in [5.74, 6) is -3.66. The van der Waals surface area contributed by atoms with E-state index in [2.05, 4.69) is 5.10 Å². The van der Waals surface area contributed by atoms with Crippen molar-refractivity contribution in [1.29, 1.82) is 0 Å². The van der Waals surface area contributed by atoms with Crippen LogP contribution in [0.5, 0.6) is 0 Å². The molecule has 2 aliphatic rings. The monoisotopic (exact) mass is 255 g/mol. The molecule has 0 spiro atoms. The topological polar surface area (TPSA) is 38.1 Å². The van der Waals surface area contributed by atoms with Gasteiger partial charge in [-0.25, -0.2) is 8.78 Å². The third kappa shape index (κ3) is 1.62. The molecule has 2 atom stereocenters. The number of carbonyl (C=O) groups is 1. The quantitative estimate of drug-likeness (QED) is 0.765. The summed E-state index contributed by atoms with van der Waals surface area (Å²) in [6, 6.07) is -0.896. The molecule has 1 saturated carbocycles. The molecule has 2 heterocycles. The second-order valence-electron chi connectivity index (χ2n) is 5.12. The molecule has 98 valence electrons. The number of nitrogens with zero attached hydrogens (tertiary/aromatic N) is 3. The highest BCUT2D eigenvalue weighted by Gasteiger charge is 2.71. The van der Waals surface area contributed by atoms with Crippen LogP contribution in [0.15, 0.2) is 12.4 Å². The third-order valence-electron chi connectivity index (χ3n) is 3.87. The first-order chi connectivity index (χ1) is 8.51. The van der Waals surface area contributed by atoms with Crippen molar-refractivity contribution < 1.29 is 13.6 Å². The van der Waals surface area contributed by atoms with Gasteiger partial charge in [0, 0.05) is 19.8 Å². The summed E-state index contributed by atoms with van der Waals surface area (Å²) in [6.07, 6.45) is 5.10. The lowest BCUT2D eigenvalue weighted by Crippen LogP contribution is -2.36. The van der Waals surface area contributed by atoms with Crippen molar-refractivity contribution in [2.75, 3.05) is 6.54 Å². The van der Waals surface area contributed by atoms with E-state index in [0.29, 0.717) is 18.5 Å². The average molecular weight is 255 g/mol. The molecule has 4 nitrogen and oxygen atoms in total. The minimum atomic E-state index is -2.70. The van der Waals surface area contributed by atoms with Crippen LogP contribution in [0.4, 0.5) is 8.78 Å². The lowest BCUT2D eigenvalue weighted by atomic mass is 10.2. The normalized spacial score (nSPS) is 29.6. The predicted molar refractivity (Wildman–Crippen MR) is 60.3 cm³/mol. The fourth-order valence-electron chi connectivity index (χ4n) is 2.86. The average Bonchev–Trinajstić information content (AvgIpc) is 2.71. The van der Waals surface area contributed by atoms with Crippen LogP contribution in [0.1, 0.15) is 29.6 Å². The van der Waals surface area contributed by atoms with E-state index in [9.17, 15) is 13.6 Å². The number of alkyl halides is 2. The van der Waals surface area contributed by atoms with Gasteiger partial charge in [0.25, 0.3) is 11.8 Å². The molecule has 0 N–H and O–H groups in total. The van der Waals surface area contributed by atoms with Crippen LogP contribution >= 0.6 is 0 Å². The van der Waals surface area contributed by atoms with E-state index in [1.807, 2.05) is 0 Å². The maximum atomic E-state index is 13.6. The highest BCUT2D eigenvalue weighted by atomic mass is 19.3. The minimum absolute atomic E-state index is 0.322. The molecule has 1 aromatic heterocycles. The van der Waals surface area contributed by atoms with Crippen LogP contribution in [0.2, 0.25) is 0 Å². The number of aromatic nitrogens is 2. The number of rotatable bonds is 1. The number of carbonyl (C=O) groups excluding carboxylic acids is 1. The second-order valence-corrected chi connectivity index (χ2v) is 5.12. The SMILES string of the molecule is Cn1cc(C(=O)N2CCCCC3C2C3(F)F)cn1. The summed E-state index contributed by atoms with van der Waals surface area (Å²) in [4.78, 5) is 13.6. The van der Waals surface area contributed by atoms with Gasteiger partial charge in [-0.15, -0.1) is 0 Å². The van der Waals surface area contributed by atoms with Crippen LogP contribution in [0.3, 0.4) is 0 Å². The van der Waals surface area contributed by atoms with Crippen LogP contribution in [0.25, 0.3) is 0 Å². The largest absolute Gasteiger partial charge is 0.329 e. The van der Waals surface area contributed by atoms with Crippen molar-refractivity contribution in [2.45, 2.75) is 31.2 Å². The number of likely N-dealkylation sites (tertiary alicyclic amines) is 1. The molecular formula is C12H15F2N3O. The van der Waals surface area contributed by atoms with Gasteiger partial charge >= 0.3 is 0 Å². The Bertz CT molecular complexity index is 485. The lowest BCUT2D eigenvalue weighted by molar-refractivity contribution is 0.0463. The minimum Gasteiger partial charge on any atom is -0.329 e.